The minimum Gasteiger partial charge on any atom is -0.436 e. The van der Waals surface area contributed by atoms with Crippen molar-refractivity contribution in [3.8, 4) is 11.1 Å². The fourth-order valence-corrected chi connectivity index (χ4v) is 5.86. The van der Waals surface area contributed by atoms with Gasteiger partial charge in [0.05, 0.1) is 11.7 Å². The molecule has 0 saturated heterocycles. The first-order valence-electron chi connectivity index (χ1n) is 12.6. The number of rotatable bonds is 4. The summed E-state index contributed by atoms with van der Waals surface area (Å²) in [5, 5.41) is 2.63. The molecule has 1 fully saturated rings. The van der Waals surface area contributed by atoms with E-state index >= 15 is 4.39 Å². The number of ketones is 1. The van der Waals surface area contributed by atoms with Crippen molar-refractivity contribution in [1.82, 2.24) is 4.90 Å². The van der Waals surface area contributed by atoms with Gasteiger partial charge < -0.3 is 15.0 Å². The van der Waals surface area contributed by atoms with Crippen LogP contribution in [0.1, 0.15) is 70.8 Å². The molecule has 3 aromatic carbocycles. The number of likely N-dealkylation sites (N-methyl/N-ethyl adjacent to an activating group) is 1. The van der Waals surface area contributed by atoms with Crippen molar-refractivity contribution in [1.29, 1.82) is 0 Å². The molecule has 37 heavy (non-hydrogen) atoms. The van der Waals surface area contributed by atoms with Crippen molar-refractivity contribution in [2.75, 3.05) is 12.4 Å². The van der Waals surface area contributed by atoms with E-state index in [-0.39, 0.29) is 29.1 Å². The van der Waals surface area contributed by atoms with E-state index < -0.39 is 18.2 Å². The maximum absolute atomic E-state index is 15.0. The lowest BCUT2D eigenvalue weighted by molar-refractivity contribution is -0.114. The molecule has 1 N–H and O–H groups in total. The van der Waals surface area contributed by atoms with Gasteiger partial charge in [-0.2, -0.15) is 0 Å². The molecule has 0 spiro atoms. The Morgan fingerprint density at radius 1 is 1.00 bits per heavy atom. The Kier molecular flexibility index (Phi) is 5.59. The third-order valence-electron chi connectivity index (χ3n) is 7.69. The molecular formula is C30H27FN2O4. The third-order valence-corrected chi connectivity index (χ3v) is 7.69. The second-order valence-electron chi connectivity index (χ2n) is 10.1. The van der Waals surface area contributed by atoms with Gasteiger partial charge in [0.25, 0.3) is 0 Å². The number of Topliss-reactive ketones (excluding diaryl/α,β-unsaturated/α-hetero) is 1. The SMILES string of the molecule is CC(=O)Nc1cc(F)c(C2CC2)c2c1C(=O)C(N(C)C(=O)OC1c3ccccc3-c3ccccc31)CC2. The van der Waals surface area contributed by atoms with Crippen LogP contribution in [0.25, 0.3) is 11.1 Å². The molecule has 0 bridgehead atoms. The molecule has 1 unspecified atom stereocenters. The van der Waals surface area contributed by atoms with Gasteiger partial charge in [0.2, 0.25) is 5.91 Å². The fraction of sp³-hybridized carbons (Fsp3) is 0.300. The Balaban J connectivity index is 1.30. The van der Waals surface area contributed by atoms with Crippen LogP contribution in [-0.2, 0) is 16.0 Å². The number of anilines is 1. The molecule has 0 aliphatic heterocycles. The lowest BCUT2D eigenvalue weighted by Crippen LogP contribution is -2.46. The number of halogens is 1. The number of amides is 2. The Hall–Kier alpha value is -4.00. The van der Waals surface area contributed by atoms with E-state index in [4.69, 9.17) is 4.74 Å². The van der Waals surface area contributed by atoms with E-state index in [9.17, 15) is 14.4 Å². The smallest absolute Gasteiger partial charge is 0.411 e. The van der Waals surface area contributed by atoms with Gasteiger partial charge in [-0.1, -0.05) is 48.5 Å². The number of benzene rings is 3. The van der Waals surface area contributed by atoms with Gasteiger partial charge in [-0.05, 0) is 59.9 Å². The Labute approximate surface area is 214 Å². The van der Waals surface area contributed by atoms with Gasteiger partial charge in [0.15, 0.2) is 11.9 Å². The number of nitrogens with zero attached hydrogens (tertiary/aromatic N) is 1. The highest BCUT2D eigenvalue weighted by molar-refractivity contribution is 6.10. The van der Waals surface area contributed by atoms with Crippen molar-refractivity contribution >= 4 is 23.5 Å². The summed E-state index contributed by atoms with van der Waals surface area (Å²) in [4.78, 5) is 40.4. The number of nitrogens with one attached hydrogen (secondary N) is 1. The summed E-state index contributed by atoms with van der Waals surface area (Å²) in [6.07, 6.45) is 1.39. The van der Waals surface area contributed by atoms with Crippen LogP contribution < -0.4 is 5.32 Å². The zero-order valence-corrected chi connectivity index (χ0v) is 20.7. The summed E-state index contributed by atoms with van der Waals surface area (Å²) < 4.78 is 21.0. The second kappa shape index (κ2) is 8.83. The van der Waals surface area contributed by atoms with E-state index in [1.807, 2.05) is 48.5 Å². The summed E-state index contributed by atoms with van der Waals surface area (Å²) in [6.45, 7) is 1.32. The van der Waals surface area contributed by atoms with Gasteiger partial charge >= 0.3 is 6.09 Å². The van der Waals surface area contributed by atoms with Crippen LogP contribution >= 0.6 is 0 Å². The number of hydrogen-bond acceptors (Lipinski definition) is 4. The van der Waals surface area contributed by atoms with Gasteiger partial charge in [0.1, 0.15) is 5.82 Å². The predicted molar refractivity (Wildman–Crippen MR) is 137 cm³/mol. The molecule has 3 aliphatic carbocycles. The number of carbonyl (C=O) groups is 3. The number of ether oxygens (including phenoxy) is 1. The first-order valence-corrected chi connectivity index (χ1v) is 12.6. The van der Waals surface area contributed by atoms with Crippen LogP contribution in [-0.4, -0.2) is 35.8 Å². The van der Waals surface area contributed by atoms with Crippen molar-refractivity contribution in [2.24, 2.45) is 0 Å². The summed E-state index contributed by atoms with van der Waals surface area (Å²) in [7, 11) is 1.56. The average Bonchev–Trinajstić information content (AvgIpc) is 3.67. The first kappa shape index (κ1) is 23.4. The monoisotopic (exact) mass is 498 g/mol. The molecule has 1 atom stereocenters. The van der Waals surface area contributed by atoms with Crippen molar-refractivity contribution < 1.29 is 23.5 Å². The number of carbonyl (C=O) groups excluding carboxylic acids is 3. The maximum atomic E-state index is 15.0. The normalized spacial score (nSPS) is 18.0. The highest BCUT2D eigenvalue weighted by atomic mass is 19.1. The van der Waals surface area contributed by atoms with Crippen LogP contribution in [0, 0.1) is 5.82 Å². The topological polar surface area (TPSA) is 75.7 Å². The second-order valence-corrected chi connectivity index (χ2v) is 10.1. The molecule has 6 rings (SSSR count). The van der Waals surface area contributed by atoms with E-state index in [1.54, 1.807) is 7.05 Å². The number of hydrogen-bond donors (Lipinski definition) is 1. The minimum absolute atomic E-state index is 0.106. The third kappa shape index (κ3) is 3.89. The highest BCUT2D eigenvalue weighted by Crippen LogP contribution is 2.48. The van der Waals surface area contributed by atoms with E-state index in [2.05, 4.69) is 5.32 Å². The molecule has 3 aromatic rings. The molecule has 0 heterocycles. The Morgan fingerprint density at radius 3 is 2.22 bits per heavy atom. The summed E-state index contributed by atoms with van der Waals surface area (Å²) >= 11 is 0. The average molecular weight is 499 g/mol. The van der Waals surface area contributed by atoms with Crippen LogP contribution in [0.2, 0.25) is 0 Å². The lowest BCUT2D eigenvalue weighted by Gasteiger charge is -2.33. The summed E-state index contributed by atoms with van der Waals surface area (Å²) in [6, 6.07) is 16.1. The first-order chi connectivity index (χ1) is 17.8. The molecule has 7 heteroatoms. The Bertz CT molecular complexity index is 1420. The Morgan fingerprint density at radius 2 is 1.62 bits per heavy atom. The van der Waals surface area contributed by atoms with Gasteiger partial charge in [0, 0.05) is 30.7 Å². The van der Waals surface area contributed by atoms with Crippen LogP contribution in [0.15, 0.2) is 54.6 Å². The van der Waals surface area contributed by atoms with Gasteiger partial charge in [-0.25, -0.2) is 9.18 Å². The van der Waals surface area contributed by atoms with Crippen LogP contribution in [0.4, 0.5) is 14.9 Å². The predicted octanol–water partition coefficient (Wildman–Crippen LogP) is 6.00. The fourth-order valence-electron chi connectivity index (χ4n) is 5.86. The standard InChI is InChI=1S/C30H27FN2O4/c1-16(34)32-24-15-23(31)26(17-11-12-17)22-13-14-25(28(35)27(22)24)33(2)30(36)37-29-20-9-5-3-7-18(20)19-8-4-6-10-21(19)29/h3-10,15,17,25,29H,11-14H2,1-2H3,(H,32,34). The van der Waals surface area contributed by atoms with Gasteiger partial charge in [-0.15, -0.1) is 0 Å². The van der Waals surface area contributed by atoms with Crippen molar-refractivity contribution in [3.05, 3.63) is 88.2 Å². The zero-order valence-electron chi connectivity index (χ0n) is 20.7. The van der Waals surface area contributed by atoms with E-state index in [1.165, 1.54) is 17.9 Å². The molecule has 1 saturated carbocycles. The molecule has 3 aliphatic rings. The number of fused-ring (bicyclic) bond motifs is 4. The van der Waals surface area contributed by atoms with Crippen molar-refractivity contribution in [3.63, 3.8) is 0 Å². The molecular weight excluding hydrogens is 471 g/mol. The summed E-state index contributed by atoms with van der Waals surface area (Å²) in [5.41, 5.74) is 5.58. The molecule has 0 radical (unpaired) electrons. The zero-order chi connectivity index (χ0) is 25.8. The highest BCUT2D eigenvalue weighted by Gasteiger charge is 2.41. The van der Waals surface area contributed by atoms with E-state index in [0.717, 1.165) is 35.1 Å². The quantitative estimate of drug-likeness (QED) is 0.479. The maximum Gasteiger partial charge on any atom is 0.411 e. The van der Waals surface area contributed by atoms with Gasteiger partial charge in [-0.3, -0.25) is 9.59 Å². The largest absolute Gasteiger partial charge is 0.436 e. The van der Waals surface area contributed by atoms with Crippen LogP contribution in [0.3, 0.4) is 0 Å². The molecule has 0 aromatic heterocycles. The molecule has 6 nitrogen and oxygen atoms in total. The van der Waals surface area contributed by atoms with Crippen molar-refractivity contribution in [2.45, 2.75) is 50.7 Å². The van der Waals surface area contributed by atoms with E-state index in [0.29, 0.717) is 29.5 Å². The summed E-state index contributed by atoms with van der Waals surface area (Å²) in [5.74, 6) is -0.974. The lowest BCUT2D eigenvalue weighted by atomic mass is 9.81. The minimum atomic E-state index is -0.781. The molecule has 188 valence electrons. The molecule has 2 amide bonds. The van der Waals surface area contributed by atoms with Crippen LogP contribution in [0.5, 0.6) is 0 Å².